The Morgan fingerprint density at radius 2 is 2.12 bits per heavy atom. The van der Waals surface area contributed by atoms with Crippen LogP contribution in [0.25, 0.3) is 5.69 Å². The summed E-state index contributed by atoms with van der Waals surface area (Å²) in [6.45, 7) is -0.423. The van der Waals surface area contributed by atoms with Gasteiger partial charge in [0.15, 0.2) is 18.2 Å². The zero-order chi connectivity index (χ0) is 18.5. The van der Waals surface area contributed by atoms with E-state index in [2.05, 4.69) is 20.8 Å². The van der Waals surface area contributed by atoms with Crippen molar-refractivity contribution in [3.63, 3.8) is 0 Å². The molecule has 1 amide bonds. The van der Waals surface area contributed by atoms with Crippen molar-refractivity contribution in [3.05, 3.63) is 54.1 Å². The Morgan fingerprint density at radius 1 is 1.27 bits per heavy atom. The van der Waals surface area contributed by atoms with Crippen molar-refractivity contribution < 1.29 is 18.3 Å². The highest BCUT2D eigenvalue weighted by Crippen LogP contribution is 2.19. The summed E-state index contributed by atoms with van der Waals surface area (Å²) >= 11 is 1.38. The summed E-state index contributed by atoms with van der Waals surface area (Å²) in [6, 6.07) is 9.75. The van der Waals surface area contributed by atoms with Crippen LogP contribution in [0.2, 0.25) is 0 Å². The SMILES string of the molecule is CSc1nnnn1-c1cccc(NC(=O)COc2ccc(F)cc2F)c1. The molecule has 1 aromatic heterocycles. The number of thioether (sulfide) groups is 1. The number of aromatic nitrogens is 4. The van der Waals surface area contributed by atoms with Crippen molar-refractivity contribution in [2.24, 2.45) is 0 Å². The van der Waals surface area contributed by atoms with Gasteiger partial charge in [0, 0.05) is 11.8 Å². The molecule has 0 saturated carbocycles. The van der Waals surface area contributed by atoms with Gasteiger partial charge in [-0.25, -0.2) is 8.78 Å². The number of nitrogens with zero attached hydrogens (tertiary/aromatic N) is 4. The number of hydrogen-bond acceptors (Lipinski definition) is 6. The summed E-state index contributed by atoms with van der Waals surface area (Å²) < 4.78 is 32.9. The minimum atomic E-state index is -0.872. The average molecular weight is 377 g/mol. The average Bonchev–Trinajstić information content (AvgIpc) is 3.10. The minimum Gasteiger partial charge on any atom is -0.481 e. The molecule has 0 saturated heterocycles. The van der Waals surface area contributed by atoms with E-state index in [1.54, 1.807) is 24.3 Å². The Hall–Kier alpha value is -3.01. The molecule has 0 aliphatic rings. The number of amides is 1. The number of hydrogen-bond donors (Lipinski definition) is 1. The van der Waals surface area contributed by atoms with Crippen molar-refractivity contribution in [1.29, 1.82) is 0 Å². The quantitative estimate of drug-likeness (QED) is 0.665. The molecular formula is C16H13F2N5O2S. The maximum atomic E-state index is 13.5. The monoisotopic (exact) mass is 377 g/mol. The fraction of sp³-hybridized carbons (Fsp3) is 0.125. The highest BCUT2D eigenvalue weighted by Gasteiger charge is 2.10. The molecule has 0 radical (unpaired) electrons. The minimum absolute atomic E-state index is 0.200. The van der Waals surface area contributed by atoms with Crippen LogP contribution in [0.5, 0.6) is 5.75 Å². The molecule has 134 valence electrons. The predicted octanol–water partition coefficient (Wildman–Crippen LogP) is 2.68. The second kappa shape index (κ2) is 7.91. The largest absolute Gasteiger partial charge is 0.481 e. The lowest BCUT2D eigenvalue weighted by Gasteiger charge is -2.09. The number of carbonyl (C=O) groups excluding carboxylic acids is 1. The molecule has 0 aliphatic carbocycles. The van der Waals surface area contributed by atoms with Crippen LogP contribution in [0.4, 0.5) is 14.5 Å². The first kappa shape index (κ1) is 17.8. The summed E-state index contributed by atoms with van der Waals surface area (Å²) in [5.74, 6) is -2.28. The van der Waals surface area contributed by atoms with Crippen LogP contribution in [-0.4, -0.2) is 39.0 Å². The number of rotatable bonds is 6. The third-order valence-electron chi connectivity index (χ3n) is 3.25. The Morgan fingerprint density at radius 3 is 2.88 bits per heavy atom. The second-order valence-corrected chi connectivity index (χ2v) is 5.81. The summed E-state index contributed by atoms with van der Waals surface area (Å²) in [5, 5.41) is 14.6. The molecule has 3 rings (SSSR count). The van der Waals surface area contributed by atoms with Crippen LogP contribution in [0.3, 0.4) is 0 Å². The Labute approximate surface area is 151 Å². The Kier molecular flexibility index (Phi) is 5.42. The van der Waals surface area contributed by atoms with Crippen LogP contribution in [0, 0.1) is 11.6 Å². The lowest BCUT2D eigenvalue weighted by Crippen LogP contribution is -2.20. The number of nitrogens with one attached hydrogen (secondary N) is 1. The molecular weight excluding hydrogens is 364 g/mol. The number of benzene rings is 2. The molecule has 0 atom stereocenters. The summed E-state index contributed by atoms with van der Waals surface area (Å²) in [4.78, 5) is 12.0. The molecule has 0 spiro atoms. The standard InChI is InChI=1S/C16H13F2N5O2S/c1-26-16-20-21-22-23(16)12-4-2-3-11(8-12)19-15(24)9-25-14-6-5-10(17)7-13(14)18/h2-8H,9H2,1H3,(H,19,24). The molecule has 0 fully saturated rings. The topological polar surface area (TPSA) is 81.9 Å². The van der Waals surface area contributed by atoms with Crippen LogP contribution in [0.15, 0.2) is 47.6 Å². The van der Waals surface area contributed by atoms with E-state index in [9.17, 15) is 13.6 Å². The zero-order valence-electron chi connectivity index (χ0n) is 13.5. The summed E-state index contributed by atoms with van der Waals surface area (Å²) in [7, 11) is 0. The first-order chi connectivity index (χ1) is 12.6. The van der Waals surface area contributed by atoms with Gasteiger partial charge in [-0.2, -0.15) is 4.68 Å². The van der Waals surface area contributed by atoms with E-state index in [0.717, 1.165) is 12.1 Å². The maximum Gasteiger partial charge on any atom is 0.262 e. The van der Waals surface area contributed by atoms with Gasteiger partial charge >= 0.3 is 0 Å². The molecule has 0 aliphatic heterocycles. The fourth-order valence-corrected chi connectivity index (χ4v) is 2.55. The smallest absolute Gasteiger partial charge is 0.262 e. The normalized spacial score (nSPS) is 10.6. The van der Waals surface area contributed by atoms with Gasteiger partial charge < -0.3 is 10.1 Å². The number of anilines is 1. The van der Waals surface area contributed by atoms with Crippen LogP contribution < -0.4 is 10.1 Å². The van der Waals surface area contributed by atoms with E-state index in [4.69, 9.17) is 4.74 Å². The predicted molar refractivity (Wildman–Crippen MR) is 91.4 cm³/mol. The van der Waals surface area contributed by atoms with Crippen molar-refractivity contribution in [1.82, 2.24) is 20.2 Å². The van der Waals surface area contributed by atoms with Crippen molar-refractivity contribution in [3.8, 4) is 11.4 Å². The number of tetrazole rings is 1. The van der Waals surface area contributed by atoms with E-state index in [1.807, 2.05) is 6.26 Å². The molecule has 7 nitrogen and oxygen atoms in total. The highest BCUT2D eigenvalue weighted by atomic mass is 32.2. The van der Waals surface area contributed by atoms with Crippen molar-refractivity contribution in [2.75, 3.05) is 18.2 Å². The first-order valence-corrected chi connectivity index (χ1v) is 8.60. The van der Waals surface area contributed by atoms with E-state index in [1.165, 1.54) is 16.4 Å². The Bertz CT molecular complexity index is 935. The molecule has 3 aromatic rings. The molecule has 0 bridgehead atoms. The zero-order valence-corrected chi connectivity index (χ0v) is 14.3. The molecule has 0 unspecified atom stereocenters. The molecule has 1 N–H and O–H groups in total. The third kappa shape index (κ3) is 4.14. The van der Waals surface area contributed by atoms with E-state index in [0.29, 0.717) is 22.6 Å². The van der Waals surface area contributed by atoms with Gasteiger partial charge in [-0.1, -0.05) is 17.8 Å². The van der Waals surface area contributed by atoms with Crippen LogP contribution in [-0.2, 0) is 4.79 Å². The Balaban J connectivity index is 1.65. The summed E-state index contributed by atoms with van der Waals surface area (Å²) in [6.07, 6.45) is 1.85. The van der Waals surface area contributed by atoms with Gasteiger partial charge in [0.25, 0.3) is 5.91 Å². The van der Waals surface area contributed by atoms with Crippen molar-refractivity contribution >= 4 is 23.4 Å². The van der Waals surface area contributed by atoms with Gasteiger partial charge in [0.1, 0.15) is 5.82 Å². The molecule has 26 heavy (non-hydrogen) atoms. The highest BCUT2D eigenvalue weighted by molar-refractivity contribution is 7.98. The molecule has 2 aromatic carbocycles. The molecule has 10 heteroatoms. The maximum absolute atomic E-state index is 13.5. The van der Waals surface area contributed by atoms with Crippen LogP contribution in [0.1, 0.15) is 0 Å². The first-order valence-electron chi connectivity index (χ1n) is 7.37. The van der Waals surface area contributed by atoms with E-state index < -0.39 is 24.1 Å². The van der Waals surface area contributed by atoms with E-state index >= 15 is 0 Å². The lowest BCUT2D eigenvalue weighted by atomic mass is 10.3. The summed E-state index contributed by atoms with van der Waals surface area (Å²) in [5.41, 5.74) is 1.17. The van der Waals surface area contributed by atoms with E-state index in [-0.39, 0.29) is 5.75 Å². The fourth-order valence-electron chi connectivity index (χ4n) is 2.12. The third-order valence-corrected chi connectivity index (χ3v) is 3.87. The van der Waals surface area contributed by atoms with Gasteiger partial charge in [-0.3, -0.25) is 4.79 Å². The van der Waals surface area contributed by atoms with Crippen molar-refractivity contribution in [2.45, 2.75) is 5.16 Å². The second-order valence-electron chi connectivity index (χ2n) is 5.04. The number of halogens is 2. The van der Waals surface area contributed by atoms with Gasteiger partial charge in [0.05, 0.1) is 5.69 Å². The number of ether oxygens (including phenoxy) is 1. The number of carbonyl (C=O) groups is 1. The molecule has 1 heterocycles. The van der Waals surface area contributed by atoms with Crippen LogP contribution >= 0.6 is 11.8 Å². The lowest BCUT2D eigenvalue weighted by molar-refractivity contribution is -0.118. The van der Waals surface area contributed by atoms with Gasteiger partial charge in [-0.05, 0) is 47.0 Å². The van der Waals surface area contributed by atoms with Gasteiger partial charge in [0.2, 0.25) is 5.16 Å². The van der Waals surface area contributed by atoms with Gasteiger partial charge in [-0.15, -0.1) is 5.10 Å².